The number of furan rings is 1. The standard InChI is InChI=1S/C22H14Cl3F3N2O4/c23-12-4-1-10(2-5-12)19(31)17-18(29-20(32)30-21(17,33)22(26,27)28)16-8-7-15(34-16)11-3-6-13(24)14(25)9-11/h1-9,17-18,33H,(H2,29,30,32). The number of carbonyl (C=O) groups excluding carboxylic acids is 2. The van der Waals surface area contributed by atoms with Gasteiger partial charge in [-0.1, -0.05) is 34.8 Å². The first kappa shape index (κ1) is 24.4. The van der Waals surface area contributed by atoms with Crippen molar-refractivity contribution in [1.29, 1.82) is 0 Å². The Kier molecular flexibility index (Phi) is 6.32. The third-order valence-corrected chi connectivity index (χ3v) is 6.35. The maximum Gasteiger partial charge on any atom is 0.437 e. The fourth-order valence-corrected chi connectivity index (χ4v) is 4.12. The summed E-state index contributed by atoms with van der Waals surface area (Å²) in [5, 5.41) is 15.1. The summed E-state index contributed by atoms with van der Waals surface area (Å²) >= 11 is 17.7. The number of carbonyl (C=O) groups is 2. The van der Waals surface area contributed by atoms with E-state index in [0.29, 0.717) is 5.56 Å². The Morgan fingerprint density at radius 3 is 2.29 bits per heavy atom. The molecular weight excluding hydrogens is 520 g/mol. The highest BCUT2D eigenvalue weighted by Gasteiger charge is 2.66. The lowest BCUT2D eigenvalue weighted by Gasteiger charge is -2.44. The second kappa shape index (κ2) is 8.81. The number of hydrogen-bond donors (Lipinski definition) is 3. The summed E-state index contributed by atoms with van der Waals surface area (Å²) in [6, 6.07) is 9.36. The molecule has 34 heavy (non-hydrogen) atoms. The Labute approximate surface area is 205 Å². The smallest absolute Gasteiger partial charge is 0.437 e. The number of amides is 2. The van der Waals surface area contributed by atoms with Gasteiger partial charge in [0.15, 0.2) is 5.78 Å². The molecule has 0 spiro atoms. The predicted molar refractivity (Wildman–Crippen MR) is 119 cm³/mol. The van der Waals surface area contributed by atoms with Gasteiger partial charge in [-0.2, -0.15) is 13.2 Å². The van der Waals surface area contributed by atoms with Crippen molar-refractivity contribution in [3.63, 3.8) is 0 Å². The average Bonchev–Trinajstić information content (AvgIpc) is 3.25. The topological polar surface area (TPSA) is 91.6 Å². The summed E-state index contributed by atoms with van der Waals surface area (Å²) in [5.74, 6) is -3.33. The molecule has 1 aliphatic heterocycles. The number of Topliss-reactive ketones (excluding diaryl/α,β-unsaturated/α-hetero) is 1. The Bertz CT molecular complexity index is 1260. The number of halogens is 6. The fraction of sp³-hybridized carbons (Fsp3) is 0.182. The molecule has 3 N–H and O–H groups in total. The van der Waals surface area contributed by atoms with Crippen LogP contribution in [0, 0.1) is 5.92 Å². The minimum atomic E-state index is -5.39. The number of nitrogens with one attached hydrogen (secondary N) is 2. The monoisotopic (exact) mass is 532 g/mol. The summed E-state index contributed by atoms with van der Waals surface area (Å²) < 4.78 is 47.7. The fourth-order valence-electron chi connectivity index (χ4n) is 3.69. The van der Waals surface area contributed by atoms with Crippen molar-refractivity contribution in [2.24, 2.45) is 5.92 Å². The van der Waals surface area contributed by atoms with E-state index in [1.807, 2.05) is 0 Å². The number of hydrogen-bond acceptors (Lipinski definition) is 4. The van der Waals surface area contributed by atoms with Gasteiger partial charge in [0.2, 0.25) is 5.72 Å². The van der Waals surface area contributed by atoms with Crippen LogP contribution in [0.25, 0.3) is 11.3 Å². The van der Waals surface area contributed by atoms with Crippen molar-refractivity contribution >= 4 is 46.6 Å². The lowest BCUT2D eigenvalue weighted by atomic mass is 9.79. The zero-order chi connectivity index (χ0) is 24.8. The lowest BCUT2D eigenvalue weighted by Crippen LogP contribution is -2.72. The molecule has 0 radical (unpaired) electrons. The molecule has 4 rings (SSSR count). The minimum absolute atomic E-state index is 0.156. The average molecular weight is 534 g/mol. The molecule has 178 valence electrons. The van der Waals surface area contributed by atoms with Gasteiger partial charge in [0.05, 0.1) is 10.0 Å². The van der Waals surface area contributed by atoms with Gasteiger partial charge in [-0.05, 0) is 54.6 Å². The van der Waals surface area contributed by atoms with Gasteiger partial charge >= 0.3 is 12.2 Å². The molecule has 0 bridgehead atoms. The highest BCUT2D eigenvalue weighted by molar-refractivity contribution is 6.42. The van der Waals surface area contributed by atoms with Crippen molar-refractivity contribution in [3.05, 3.63) is 81.0 Å². The molecule has 2 aromatic carbocycles. The van der Waals surface area contributed by atoms with E-state index in [1.165, 1.54) is 53.8 Å². The summed E-state index contributed by atoms with van der Waals surface area (Å²) in [6.07, 6.45) is -5.39. The van der Waals surface area contributed by atoms with Crippen LogP contribution in [0.3, 0.4) is 0 Å². The molecule has 3 aromatic rings. The van der Waals surface area contributed by atoms with Gasteiger partial charge in [0.25, 0.3) is 0 Å². The summed E-state index contributed by atoms with van der Waals surface area (Å²) in [4.78, 5) is 25.4. The van der Waals surface area contributed by atoms with E-state index in [4.69, 9.17) is 39.2 Å². The van der Waals surface area contributed by atoms with Gasteiger partial charge in [-0.15, -0.1) is 0 Å². The molecule has 12 heteroatoms. The van der Waals surface area contributed by atoms with E-state index >= 15 is 0 Å². The highest BCUT2D eigenvalue weighted by atomic mass is 35.5. The molecule has 0 saturated carbocycles. The Balaban J connectivity index is 1.81. The quantitative estimate of drug-likeness (QED) is 0.358. The summed E-state index contributed by atoms with van der Waals surface area (Å²) in [6.45, 7) is 0. The predicted octanol–water partition coefficient (Wildman–Crippen LogP) is 6.01. The van der Waals surface area contributed by atoms with Crippen LogP contribution in [0.5, 0.6) is 0 Å². The Hall–Kier alpha value is -2.72. The Morgan fingerprint density at radius 2 is 1.68 bits per heavy atom. The van der Waals surface area contributed by atoms with Crippen LogP contribution < -0.4 is 10.6 Å². The van der Waals surface area contributed by atoms with E-state index in [1.54, 1.807) is 6.07 Å². The van der Waals surface area contributed by atoms with Crippen LogP contribution in [0.2, 0.25) is 15.1 Å². The second-order valence-corrected chi connectivity index (χ2v) is 8.77. The number of ketones is 1. The zero-order valence-corrected chi connectivity index (χ0v) is 19.1. The molecule has 2 heterocycles. The van der Waals surface area contributed by atoms with Crippen molar-refractivity contribution < 1.29 is 32.3 Å². The molecule has 3 unspecified atom stereocenters. The molecular formula is C22H14Cl3F3N2O4. The molecule has 6 nitrogen and oxygen atoms in total. The van der Waals surface area contributed by atoms with E-state index in [2.05, 4.69) is 5.32 Å². The van der Waals surface area contributed by atoms with Crippen LogP contribution in [0.1, 0.15) is 22.2 Å². The maximum atomic E-state index is 14.0. The molecule has 3 atom stereocenters. The first-order chi connectivity index (χ1) is 15.9. The van der Waals surface area contributed by atoms with E-state index in [9.17, 15) is 27.9 Å². The lowest BCUT2D eigenvalue weighted by molar-refractivity contribution is -0.288. The largest absolute Gasteiger partial charge is 0.459 e. The third-order valence-electron chi connectivity index (χ3n) is 5.35. The summed E-state index contributed by atoms with van der Waals surface area (Å²) in [7, 11) is 0. The van der Waals surface area contributed by atoms with Crippen LogP contribution in [0.15, 0.2) is 59.0 Å². The number of urea groups is 1. The molecule has 1 aromatic heterocycles. The van der Waals surface area contributed by atoms with Crippen LogP contribution in [0.4, 0.5) is 18.0 Å². The van der Waals surface area contributed by atoms with E-state index in [-0.39, 0.29) is 32.2 Å². The van der Waals surface area contributed by atoms with Crippen molar-refractivity contribution in [1.82, 2.24) is 10.6 Å². The number of aliphatic hydroxyl groups is 1. The number of rotatable bonds is 4. The Morgan fingerprint density at radius 1 is 1.00 bits per heavy atom. The van der Waals surface area contributed by atoms with Crippen molar-refractivity contribution in [2.75, 3.05) is 0 Å². The molecule has 1 saturated heterocycles. The summed E-state index contributed by atoms with van der Waals surface area (Å²) in [5.41, 5.74) is -3.59. The first-order valence-electron chi connectivity index (χ1n) is 9.63. The van der Waals surface area contributed by atoms with Gasteiger partial charge < -0.3 is 20.2 Å². The van der Waals surface area contributed by atoms with Crippen molar-refractivity contribution in [3.8, 4) is 11.3 Å². The molecule has 0 aliphatic carbocycles. The number of benzene rings is 2. The van der Waals surface area contributed by atoms with Crippen LogP contribution in [-0.4, -0.2) is 28.8 Å². The van der Waals surface area contributed by atoms with Crippen LogP contribution in [-0.2, 0) is 0 Å². The second-order valence-electron chi connectivity index (χ2n) is 7.52. The van der Waals surface area contributed by atoms with E-state index in [0.717, 1.165) is 0 Å². The van der Waals surface area contributed by atoms with Gasteiger partial charge in [0.1, 0.15) is 23.5 Å². The molecule has 2 amide bonds. The van der Waals surface area contributed by atoms with E-state index < -0.39 is 35.7 Å². The zero-order valence-electron chi connectivity index (χ0n) is 16.8. The maximum absolute atomic E-state index is 14.0. The highest BCUT2D eigenvalue weighted by Crippen LogP contribution is 2.45. The van der Waals surface area contributed by atoms with Gasteiger partial charge in [0, 0.05) is 16.1 Å². The van der Waals surface area contributed by atoms with Crippen molar-refractivity contribution in [2.45, 2.75) is 17.9 Å². The minimum Gasteiger partial charge on any atom is -0.459 e. The number of alkyl halides is 3. The normalized spacial score (nSPS) is 22.7. The molecule has 1 aliphatic rings. The van der Waals surface area contributed by atoms with Gasteiger partial charge in [-0.3, -0.25) is 4.79 Å². The van der Waals surface area contributed by atoms with Crippen LogP contribution >= 0.6 is 34.8 Å². The third kappa shape index (κ3) is 4.36. The molecule has 1 fully saturated rings. The SMILES string of the molecule is O=C1NC(c2ccc(-c3ccc(Cl)c(Cl)c3)o2)C(C(=O)c2ccc(Cl)cc2)C(O)(C(F)(F)F)N1. The van der Waals surface area contributed by atoms with Gasteiger partial charge in [-0.25, -0.2) is 4.79 Å². The first-order valence-corrected chi connectivity index (χ1v) is 10.8.